The van der Waals surface area contributed by atoms with Gasteiger partial charge in [0.1, 0.15) is 0 Å². The summed E-state index contributed by atoms with van der Waals surface area (Å²) in [5, 5.41) is 2.76. The summed E-state index contributed by atoms with van der Waals surface area (Å²) >= 11 is 3.23. The predicted octanol–water partition coefficient (Wildman–Crippen LogP) is 1.93. The molecule has 0 bridgehead atoms. The number of nitrogens with one attached hydrogen (secondary N) is 1. The molecule has 90 valence electrons. The summed E-state index contributed by atoms with van der Waals surface area (Å²) in [6.45, 7) is 0.511. The van der Waals surface area contributed by atoms with Crippen LogP contribution in [0.25, 0.3) is 0 Å². The lowest BCUT2D eigenvalue weighted by molar-refractivity contribution is 0.0921. The summed E-state index contributed by atoms with van der Waals surface area (Å²) in [7, 11) is 0. The first-order chi connectivity index (χ1) is 7.18. The highest BCUT2D eigenvalue weighted by Gasteiger charge is 2.28. The lowest BCUT2D eigenvalue weighted by Crippen LogP contribution is -2.38. The van der Waals surface area contributed by atoms with Gasteiger partial charge in [0, 0.05) is 12.6 Å². The first kappa shape index (κ1) is 13.5. The summed E-state index contributed by atoms with van der Waals surface area (Å²) in [5.41, 5.74) is 5.86. The fraction of sp³-hybridized carbons (Fsp3) is 0.500. The normalized spacial score (nSPS) is 16.4. The molecule has 16 heavy (non-hydrogen) atoms. The number of rotatable bonds is 4. The Kier molecular flexibility index (Phi) is 4.83. The van der Waals surface area contributed by atoms with Gasteiger partial charge in [0.15, 0.2) is 0 Å². The van der Waals surface area contributed by atoms with E-state index in [2.05, 4.69) is 21.2 Å². The third-order valence-electron chi connectivity index (χ3n) is 2.55. The number of hydrogen-bond acceptors (Lipinski definition) is 3. The third-order valence-corrected chi connectivity index (χ3v) is 3.17. The average Bonchev–Trinajstić information content (AvgIpc) is 2.98. The van der Waals surface area contributed by atoms with Crippen LogP contribution in [0.5, 0.6) is 0 Å². The van der Waals surface area contributed by atoms with Crippen molar-refractivity contribution < 1.29 is 9.21 Å². The minimum absolute atomic E-state index is 0. The number of nitrogens with two attached hydrogens (primary N) is 1. The van der Waals surface area contributed by atoms with E-state index < -0.39 is 0 Å². The number of carbonyl (C=O) groups is 1. The van der Waals surface area contributed by atoms with E-state index in [1.807, 2.05) is 0 Å². The van der Waals surface area contributed by atoms with E-state index >= 15 is 0 Å². The van der Waals surface area contributed by atoms with Crippen molar-refractivity contribution in [2.75, 3.05) is 6.54 Å². The van der Waals surface area contributed by atoms with Gasteiger partial charge in [-0.2, -0.15) is 0 Å². The Morgan fingerprint density at radius 1 is 1.69 bits per heavy atom. The lowest BCUT2D eigenvalue weighted by Gasteiger charge is -2.10. The van der Waals surface area contributed by atoms with Crippen molar-refractivity contribution in [3.8, 4) is 0 Å². The zero-order valence-electron chi connectivity index (χ0n) is 8.61. The number of amides is 1. The van der Waals surface area contributed by atoms with Crippen molar-refractivity contribution in [2.45, 2.75) is 18.9 Å². The highest BCUT2D eigenvalue weighted by Crippen LogP contribution is 2.31. The molecule has 0 aromatic carbocycles. The van der Waals surface area contributed by atoms with Crippen LogP contribution in [0.2, 0.25) is 0 Å². The molecule has 0 radical (unpaired) electrons. The van der Waals surface area contributed by atoms with Gasteiger partial charge in [-0.25, -0.2) is 0 Å². The summed E-state index contributed by atoms with van der Waals surface area (Å²) in [6, 6.07) is 1.76. The maximum atomic E-state index is 11.6. The molecule has 1 saturated carbocycles. The zero-order chi connectivity index (χ0) is 10.8. The zero-order valence-corrected chi connectivity index (χ0v) is 11.0. The molecule has 0 spiro atoms. The molecule has 1 atom stereocenters. The van der Waals surface area contributed by atoms with Crippen LogP contribution >= 0.6 is 28.3 Å². The smallest absolute Gasteiger partial charge is 0.288 e. The molecule has 1 aromatic heterocycles. The molecule has 2 rings (SSSR count). The van der Waals surface area contributed by atoms with Gasteiger partial charge in [0.25, 0.3) is 5.91 Å². The monoisotopic (exact) mass is 308 g/mol. The van der Waals surface area contributed by atoms with Crippen LogP contribution in [0.3, 0.4) is 0 Å². The van der Waals surface area contributed by atoms with E-state index in [9.17, 15) is 4.79 Å². The van der Waals surface area contributed by atoms with E-state index in [1.165, 1.54) is 19.1 Å². The molecule has 3 N–H and O–H groups in total. The molecule has 1 unspecified atom stereocenters. The number of carbonyl (C=O) groups excluding carboxylic acids is 1. The van der Waals surface area contributed by atoms with Crippen molar-refractivity contribution in [2.24, 2.45) is 11.7 Å². The molecule has 1 aliphatic carbocycles. The Morgan fingerprint density at radius 2 is 2.38 bits per heavy atom. The molecule has 1 heterocycles. The van der Waals surface area contributed by atoms with Gasteiger partial charge in [-0.3, -0.25) is 4.79 Å². The molecule has 1 aliphatic rings. The van der Waals surface area contributed by atoms with Crippen LogP contribution in [-0.2, 0) is 0 Å². The largest absolute Gasteiger partial charge is 0.458 e. The lowest BCUT2D eigenvalue weighted by atomic mass is 10.2. The van der Waals surface area contributed by atoms with Gasteiger partial charge in [-0.15, -0.1) is 12.4 Å². The van der Waals surface area contributed by atoms with Crippen LogP contribution in [0.15, 0.2) is 21.2 Å². The number of furan rings is 1. The van der Waals surface area contributed by atoms with E-state index in [-0.39, 0.29) is 24.4 Å². The van der Waals surface area contributed by atoms with E-state index in [1.54, 1.807) is 6.07 Å². The fourth-order valence-electron chi connectivity index (χ4n) is 1.44. The van der Waals surface area contributed by atoms with Gasteiger partial charge < -0.3 is 15.5 Å². The summed E-state index contributed by atoms with van der Waals surface area (Å²) in [4.78, 5) is 11.6. The molecular formula is C10H14BrClN2O2. The minimum Gasteiger partial charge on any atom is -0.458 e. The molecular weight excluding hydrogens is 295 g/mol. The second-order valence-corrected chi connectivity index (χ2v) is 4.66. The van der Waals surface area contributed by atoms with Gasteiger partial charge in [0.05, 0.1) is 10.7 Å². The molecule has 1 amide bonds. The highest BCUT2D eigenvalue weighted by molar-refractivity contribution is 9.10. The number of halogens is 2. The first-order valence-corrected chi connectivity index (χ1v) is 5.74. The fourth-order valence-corrected chi connectivity index (χ4v) is 1.82. The summed E-state index contributed by atoms with van der Waals surface area (Å²) in [5.74, 6) is 0.673. The van der Waals surface area contributed by atoms with Crippen molar-refractivity contribution in [1.82, 2.24) is 5.32 Å². The molecule has 1 aromatic rings. The second-order valence-electron chi connectivity index (χ2n) is 3.81. The van der Waals surface area contributed by atoms with Crippen molar-refractivity contribution in [3.05, 3.63) is 22.6 Å². The average molecular weight is 310 g/mol. The predicted molar refractivity (Wildman–Crippen MR) is 66.7 cm³/mol. The van der Waals surface area contributed by atoms with Gasteiger partial charge >= 0.3 is 0 Å². The highest BCUT2D eigenvalue weighted by atomic mass is 79.9. The second kappa shape index (κ2) is 5.70. The molecule has 0 saturated heterocycles. The minimum atomic E-state index is -0.219. The van der Waals surface area contributed by atoms with Crippen LogP contribution in [0.4, 0.5) is 0 Å². The van der Waals surface area contributed by atoms with Crippen LogP contribution in [0, 0.1) is 5.92 Å². The van der Waals surface area contributed by atoms with Crippen molar-refractivity contribution in [3.63, 3.8) is 0 Å². The third kappa shape index (κ3) is 3.23. The Balaban J connectivity index is 0.00000128. The number of hydrogen-bond donors (Lipinski definition) is 2. The maximum absolute atomic E-state index is 11.6. The standard InChI is InChI=1S/C10H13BrN2O2.ClH/c11-7-3-4-15-9(7)10(14)13-5-8(12)6-1-2-6;/h3-4,6,8H,1-2,5,12H2,(H,13,14);1H. The summed E-state index contributed by atoms with van der Waals surface area (Å²) < 4.78 is 5.70. The van der Waals surface area contributed by atoms with E-state index in [0.29, 0.717) is 22.7 Å². The van der Waals surface area contributed by atoms with Gasteiger partial charge in [-0.05, 0) is 40.8 Å². The Labute approximate surface area is 108 Å². The van der Waals surface area contributed by atoms with Gasteiger partial charge in [0.2, 0.25) is 5.76 Å². The molecule has 0 aliphatic heterocycles. The molecule has 4 nitrogen and oxygen atoms in total. The van der Waals surface area contributed by atoms with Crippen molar-refractivity contribution >= 4 is 34.2 Å². The first-order valence-electron chi connectivity index (χ1n) is 4.95. The van der Waals surface area contributed by atoms with Crippen LogP contribution in [-0.4, -0.2) is 18.5 Å². The van der Waals surface area contributed by atoms with E-state index in [4.69, 9.17) is 10.2 Å². The quantitative estimate of drug-likeness (QED) is 0.893. The topological polar surface area (TPSA) is 68.3 Å². The Hall–Kier alpha value is -0.520. The van der Waals surface area contributed by atoms with Crippen LogP contribution < -0.4 is 11.1 Å². The summed E-state index contributed by atoms with van der Waals surface area (Å²) in [6.07, 6.45) is 3.84. The van der Waals surface area contributed by atoms with Crippen LogP contribution in [0.1, 0.15) is 23.4 Å². The maximum Gasteiger partial charge on any atom is 0.288 e. The van der Waals surface area contributed by atoms with Crippen molar-refractivity contribution in [1.29, 1.82) is 0 Å². The Bertz CT molecular complexity index is 365. The van der Waals surface area contributed by atoms with Gasteiger partial charge in [-0.1, -0.05) is 0 Å². The molecule has 6 heteroatoms. The SMILES string of the molecule is Cl.NC(CNC(=O)c1occc1Br)C1CC1. The van der Waals surface area contributed by atoms with E-state index in [0.717, 1.165) is 0 Å². The Morgan fingerprint density at radius 3 is 2.88 bits per heavy atom. The molecule has 1 fully saturated rings.